The number of rotatable bonds is 3. The molecule has 0 fully saturated rings. The Morgan fingerprint density at radius 3 is 2.88 bits per heavy atom. The first-order chi connectivity index (χ1) is 3.77. The summed E-state index contributed by atoms with van der Waals surface area (Å²) in [7, 11) is 0. The average Bonchev–Trinajstić information content (AvgIpc) is 1.66. The van der Waals surface area contributed by atoms with Crippen LogP contribution in [0.5, 0.6) is 0 Å². The van der Waals surface area contributed by atoms with Crippen LogP contribution in [-0.4, -0.2) is 11.5 Å². The molecule has 0 amide bonds. The van der Waals surface area contributed by atoms with Crippen molar-refractivity contribution in [1.29, 1.82) is 0 Å². The van der Waals surface area contributed by atoms with E-state index in [2.05, 4.69) is 5.32 Å². The van der Waals surface area contributed by atoms with Crippen LogP contribution in [0.4, 0.5) is 0 Å². The standard InChI is InChI=1S/C4H8N2O2/c1-2-5-3-4-6(7)8/h3-5H,2H2,1H3. The normalized spacial score (nSPS) is 9.62. The fraction of sp³-hybridized carbons (Fsp3) is 0.500. The quantitative estimate of drug-likeness (QED) is 0.427. The first kappa shape index (κ1) is 6.94. The van der Waals surface area contributed by atoms with Crippen molar-refractivity contribution in [3.63, 3.8) is 0 Å². The summed E-state index contributed by atoms with van der Waals surface area (Å²) in [4.78, 5) is 9.04. The minimum Gasteiger partial charge on any atom is -0.386 e. The average molecular weight is 116 g/mol. The van der Waals surface area contributed by atoms with Crippen LogP contribution in [0, 0.1) is 10.1 Å². The molecule has 4 nitrogen and oxygen atoms in total. The van der Waals surface area contributed by atoms with Gasteiger partial charge in [0, 0.05) is 6.54 Å². The number of nitro groups is 1. The highest BCUT2D eigenvalue weighted by molar-refractivity contribution is 4.67. The molecular formula is C4H8N2O2. The molecule has 0 aliphatic rings. The molecule has 0 unspecified atom stereocenters. The zero-order valence-corrected chi connectivity index (χ0v) is 4.63. The van der Waals surface area contributed by atoms with Crippen LogP contribution < -0.4 is 5.32 Å². The zero-order valence-electron chi connectivity index (χ0n) is 4.63. The molecule has 0 aliphatic heterocycles. The Morgan fingerprint density at radius 1 is 1.88 bits per heavy atom. The maximum atomic E-state index is 9.55. The first-order valence-electron chi connectivity index (χ1n) is 2.31. The lowest BCUT2D eigenvalue weighted by Crippen LogP contribution is -2.02. The second kappa shape index (κ2) is 4.11. The van der Waals surface area contributed by atoms with Gasteiger partial charge in [0.15, 0.2) is 0 Å². The van der Waals surface area contributed by atoms with Gasteiger partial charge in [-0.05, 0) is 6.92 Å². The van der Waals surface area contributed by atoms with Gasteiger partial charge in [0.25, 0.3) is 0 Å². The molecule has 0 radical (unpaired) electrons. The SMILES string of the molecule is CCNC=C[N+](=O)[O-]. The van der Waals surface area contributed by atoms with Gasteiger partial charge in [-0.1, -0.05) is 0 Å². The van der Waals surface area contributed by atoms with Gasteiger partial charge in [0.2, 0.25) is 6.20 Å². The molecule has 0 aromatic carbocycles. The van der Waals surface area contributed by atoms with Gasteiger partial charge in [-0.15, -0.1) is 0 Å². The van der Waals surface area contributed by atoms with Gasteiger partial charge in [-0.25, -0.2) is 0 Å². The molecule has 0 heterocycles. The minimum absolute atomic E-state index is 0.511. The van der Waals surface area contributed by atoms with E-state index in [4.69, 9.17) is 0 Å². The molecule has 0 aromatic rings. The summed E-state index contributed by atoms with van der Waals surface area (Å²) in [6.45, 7) is 2.58. The summed E-state index contributed by atoms with van der Waals surface area (Å²) < 4.78 is 0. The van der Waals surface area contributed by atoms with E-state index in [9.17, 15) is 10.1 Å². The molecule has 0 aliphatic carbocycles. The van der Waals surface area contributed by atoms with E-state index in [0.29, 0.717) is 6.54 Å². The van der Waals surface area contributed by atoms with E-state index in [0.717, 1.165) is 6.20 Å². The van der Waals surface area contributed by atoms with E-state index >= 15 is 0 Å². The third-order valence-corrected chi connectivity index (χ3v) is 0.518. The van der Waals surface area contributed by atoms with Crippen molar-refractivity contribution in [3.8, 4) is 0 Å². The molecule has 4 heteroatoms. The van der Waals surface area contributed by atoms with Crippen molar-refractivity contribution in [2.75, 3.05) is 6.54 Å². The van der Waals surface area contributed by atoms with Gasteiger partial charge < -0.3 is 5.32 Å². The number of hydrogen-bond donors (Lipinski definition) is 1. The number of hydrogen-bond acceptors (Lipinski definition) is 3. The molecule has 0 spiro atoms. The molecule has 0 rings (SSSR count). The molecule has 8 heavy (non-hydrogen) atoms. The number of nitrogens with zero attached hydrogens (tertiary/aromatic N) is 1. The summed E-state index contributed by atoms with van der Waals surface area (Å²) in [5.74, 6) is 0. The second-order valence-corrected chi connectivity index (χ2v) is 1.16. The Labute approximate surface area is 47.3 Å². The summed E-state index contributed by atoms with van der Waals surface area (Å²) >= 11 is 0. The molecular weight excluding hydrogens is 108 g/mol. The molecule has 0 aromatic heterocycles. The van der Waals surface area contributed by atoms with Crippen LogP contribution in [-0.2, 0) is 0 Å². The lowest BCUT2D eigenvalue weighted by atomic mass is 10.7. The molecule has 1 N–H and O–H groups in total. The Kier molecular flexibility index (Phi) is 3.56. The van der Waals surface area contributed by atoms with E-state index in [1.807, 2.05) is 6.92 Å². The largest absolute Gasteiger partial charge is 0.386 e. The molecule has 0 atom stereocenters. The van der Waals surface area contributed by atoms with Crippen LogP contribution >= 0.6 is 0 Å². The van der Waals surface area contributed by atoms with Crippen LogP contribution in [0.3, 0.4) is 0 Å². The van der Waals surface area contributed by atoms with Gasteiger partial charge >= 0.3 is 0 Å². The van der Waals surface area contributed by atoms with Crippen molar-refractivity contribution < 1.29 is 4.92 Å². The van der Waals surface area contributed by atoms with E-state index in [1.54, 1.807) is 0 Å². The highest BCUT2D eigenvalue weighted by atomic mass is 16.6. The van der Waals surface area contributed by atoms with Crippen molar-refractivity contribution in [1.82, 2.24) is 5.32 Å². The Hall–Kier alpha value is -1.06. The first-order valence-corrected chi connectivity index (χ1v) is 2.31. The minimum atomic E-state index is -0.511. The summed E-state index contributed by atoms with van der Waals surface area (Å²) in [6.07, 6.45) is 2.17. The topological polar surface area (TPSA) is 55.2 Å². The van der Waals surface area contributed by atoms with Crippen molar-refractivity contribution in [2.24, 2.45) is 0 Å². The molecule has 46 valence electrons. The lowest BCUT2D eigenvalue weighted by Gasteiger charge is -1.85. The van der Waals surface area contributed by atoms with E-state index < -0.39 is 4.92 Å². The van der Waals surface area contributed by atoms with E-state index in [-0.39, 0.29) is 0 Å². The highest BCUT2D eigenvalue weighted by Gasteiger charge is 1.78. The van der Waals surface area contributed by atoms with Gasteiger partial charge in [-0.3, -0.25) is 10.1 Å². The summed E-state index contributed by atoms with van der Waals surface area (Å²) in [5.41, 5.74) is 0. The highest BCUT2D eigenvalue weighted by Crippen LogP contribution is 1.67. The predicted molar refractivity (Wildman–Crippen MR) is 29.8 cm³/mol. The monoisotopic (exact) mass is 116 g/mol. The molecule has 0 saturated carbocycles. The fourth-order valence-electron chi connectivity index (χ4n) is 0.231. The van der Waals surface area contributed by atoms with Crippen molar-refractivity contribution in [3.05, 3.63) is 22.5 Å². The maximum Gasteiger partial charge on any atom is 0.249 e. The van der Waals surface area contributed by atoms with Crippen LogP contribution in [0.1, 0.15) is 6.92 Å². The van der Waals surface area contributed by atoms with Crippen LogP contribution in [0.2, 0.25) is 0 Å². The van der Waals surface area contributed by atoms with Gasteiger partial charge in [0.05, 0.1) is 11.1 Å². The summed E-state index contributed by atoms with van der Waals surface area (Å²) in [5, 5.41) is 12.2. The van der Waals surface area contributed by atoms with Crippen LogP contribution in [0.15, 0.2) is 12.4 Å². The number of nitrogens with one attached hydrogen (secondary N) is 1. The Bertz CT molecular complexity index is 100. The molecule has 0 bridgehead atoms. The zero-order chi connectivity index (χ0) is 6.41. The lowest BCUT2D eigenvalue weighted by molar-refractivity contribution is -0.402. The third kappa shape index (κ3) is 4.94. The van der Waals surface area contributed by atoms with Crippen LogP contribution in [0.25, 0.3) is 0 Å². The summed E-state index contributed by atoms with van der Waals surface area (Å²) in [6, 6.07) is 0. The fourth-order valence-corrected chi connectivity index (χ4v) is 0.231. The Morgan fingerprint density at radius 2 is 2.50 bits per heavy atom. The van der Waals surface area contributed by atoms with Gasteiger partial charge in [0.1, 0.15) is 0 Å². The smallest absolute Gasteiger partial charge is 0.249 e. The Balaban J connectivity index is 3.20. The van der Waals surface area contributed by atoms with Crippen molar-refractivity contribution in [2.45, 2.75) is 6.92 Å². The van der Waals surface area contributed by atoms with Crippen molar-refractivity contribution >= 4 is 0 Å². The predicted octanol–water partition coefficient (Wildman–Crippen LogP) is 0.344. The second-order valence-electron chi connectivity index (χ2n) is 1.16. The third-order valence-electron chi connectivity index (χ3n) is 0.518. The van der Waals surface area contributed by atoms with E-state index in [1.165, 1.54) is 6.20 Å². The molecule has 0 saturated heterocycles. The van der Waals surface area contributed by atoms with Gasteiger partial charge in [-0.2, -0.15) is 0 Å². The maximum absolute atomic E-state index is 9.55.